The highest BCUT2D eigenvalue weighted by Gasteiger charge is 2.52. The van der Waals surface area contributed by atoms with Gasteiger partial charge in [0.25, 0.3) is 0 Å². The van der Waals surface area contributed by atoms with E-state index in [0.29, 0.717) is 19.1 Å². The predicted octanol–water partition coefficient (Wildman–Crippen LogP) is 2.54. The molecule has 0 spiro atoms. The van der Waals surface area contributed by atoms with E-state index in [-0.39, 0.29) is 17.6 Å². The third-order valence-electron chi connectivity index (χ3n) is 3.02. The van der Waals surface area contributed by atoms with Crippen molar-refractivity contribution < 1.29 is 14.0 Å². The zero-order valence-corrected chi connectivity index (χ0v) is 13.7. The molecular formula is C13H21N2O3PS. The SMILES string of the molecule is C=C(/N=C(C)\C=C(/N)OP(=S)(C1CO1)C1CO1)C(C)C. The Labute approximate surface area is 125 Å². The van der Waals surface area contributed by atoms with E-state index in [4.69, 9.17) is 31.5 Å². The van der Waals surface area contributed by atoms with Crippen LogP contribution in [-0.4, -0.2) is 30.6 Å². The summed E-state index contributed by atoms with van der Waals surface area (Å²) in [6.45, 7) is 11.1. The molecule has 2 fully saturated rings. The van der Waals surface area contributed by atoms with Gasteiger partial charge in [0.1, 0.15) is 11.7 Å². The molecule has 0 bridgehead atoms. The smallest absolute Gasteiger partial charge is 0.190 e. The number of hydrogen-bond donors (Lipinski definition) is 1. The molecule has 7 heteroatoms. The molecule has 0 amide bonds. The van der Waals surface area contributed by atoms with Gasteiger partial charge in [0.05, 0.1) is 13.2 Å². The molecule has 2 aliphatic rings. The number of allylic oxidation sites excluding steroid dienone is 2. The van der Waals surface area contributed by atoms with E-state index in [1.165, 1.54) is 0 Å². The van der Waals surface area contributed by atoms with Crippen LogP contribution in [0.5, 0.6) is 0 Å². The lowest BCUT2D eigenvalue weighted by Gasteiger charge is -2.19. The molecule has 0 aromatic carbocycles. The lowest BCUT2D eigenvalue weighted by molar-refractivity contribution is 0.391. The molecular weight excluding hydrogens is 295 g/mol. The Hall–Kier alpha value is -0.680. The Bertz CT molecular complexity index is 492. The van der Waals surface area contributed by atoms with Gasteiger partial charge in [-0.2, -0.15) is 0 Å². The second-order valence-electron chi connectivity index (χ2n) is 5.26. The van der Waals surface area contributed by atoms with Gasteiger partial charge in [-0.1, -0.05) is 20.4 Å². The Morgan fingerprint density at radius 2 is 1.95 bits per heavy atom. The van der Waals surface area contributed by atoms with Gasteiger partial charge in [0, 0.05) is 17.5 Å². The fourth-order valence-corrected chi connectivity index (χ4v) is 4.57. The zero-order valence-electron chi connectivity index (χ0n) is 12.0. The van der Waals surface area contributed by atoms with Gasteiger partial charge in [-0.05, 0) is 24.6 Å². The van der Waals surface area contributed by atoms with Crippen LogP contribution in [-0.2, 0) is 25.8 Å². The van der Waals surface area contributed by atoms with E-state index in [0.717, 1.165) is 11.4 Å². The van der Waals surface area contributed by atoms with Gasteiger partial charge in [-0.25, -0.2) is 0 Å². The molecule has 2 rings (SSSR count). The van der Waals surface area contributed by atoms with Crippen molar-refractivity contribution >= 4 is 23.8 Å². The van der Waals surface area contributed by atoms with E-state index >= 15 is 0 Å². The molecule has 0 radical (unpaired) electrons. The summed E-state index contributed by atoms with van der Waals surface area (Å²) in [5.41, 5.74) is 7.48. The standard InChI is InChI=1S/C13H21N2O3PS/c1-8(2)10(4)15-9(3)5-11(14)18-19(20,12-6-16-12)13-7-17-13/h5,8,12-13H,4,6-7,14H2,1-3H3/b11-5+,15-9-. The van der Waals surface area contributed by atoms with Crippen LogP contribution in [0.2, 0.25) is 0 Å². The van der Waals surface area contributed by atoms with Crippen molar-refractivity contribution in [1.29, 1.82) is 0 Å². The summed E-state index contributed by atoms with van der Waals surface area (Å²) in [6, 6.07) is 0. The molecule has 20 heavy (non-hydrogen) atoms. The predicted molar refractivity (Wildman–Crippen MR) is 84.2 cm³/mol. The molecule has 2 aliphatic heterocycles. The summed E-state index contributed by atoms with van der Waals surface area (Å²) >= 11 is 5.59. The highest BCUT2D eigenvalue weighted by molar-refractivity contribution is 8.13. The average Bonchev–Trinajstić information content (AvgIpc) is 3.16. The molecule has 2 atom stereocenters. The van der Waals surface area contributed by atoms with Gasteiger partial charge in [0.15, 0.2) is 12.1 Å². The molecule has 2 N–H and O–H groups in total. The minimum atomic E-state index is -2.19. The Morgan fingerprint density at radius 1 is 1.45 bits per heavy atom. The highest BCUT2D eigenvalue weighted by Crippen LogP contribution is 2.66. The van der Waals surface area contributed by atoms with Crippen LogP contribution in [0.25, 0.3) is 0 Å². The van der Waals surface area contributed by atoms with Crippen LogP contribution in [0, 0.1) is 5.92 Å². The highest BCUT2D eigenvalue weighted by atomic mass is 32.4. The van der Waals surface area contributed by atoms with E-state index in [2.05, 4.69) is 11.6 Å². The largest absolute Gasteiger partial charge is 0.446 e. The molecule has 0 saturated carbocycles. The van der Waals surface area contributed by atoms with Crippen molar-refractivity contribution in [2.75, 3.05) is 13.2 Å². The van der Waals surface area contributed by atoms with Crippen LogP contribution in [0.15, 0.2) is 29.2 Å². The van der Waals surface area contributed by atoms with Gasteiger partial charge < -0.3 is 19.7 Å². The van der Waals surface area contributed by atoms with E-state index in [1.807, 2.05) is 20.8 Å². The Balaban J connectivity index is 2.03. The van der Waals surface area contributed by atoms with Crippen LogP contribution in [0.4, 0.5) is 0 Å². The number of nitrogens with two attached hydrogens (primary N) is 1. The normalized spacial score (nSPS) is 29.0. The lowest BCUT2D eigenvalue weighted by Crippen LogP contribution is -2.09. The molecule has 2 heterocycles. The molecule has 2 saturated heterocycles. The molecule has 5 nitrogen and oxygen atoms in total. The van der Waals surface area contributed by atoms with Crippen molar-refractivity contribution in [2.45, 2.75) is 32.5 Å². The van der Waals surface area contributed by atoms with Gasteiger partial charge in [0.2, 0.25) is 0 Å². The van der Waals surface area contributed by atoms with Crippen molar-refractivity contribution in [1.82, 2.24) is 0 Å². The van der Waals surface area contributed by atoms with Crippen LogP contribution in [0.3, 0.4) is 0 Å². The quantitative estimate of drug-likeness (QED) is 0.338. The first-order chi connectivity index (χ1) is 9.33. The minimum absolute atomic E-state index is 0.0141. The topological polar surface area (TPSA) is 72.7 Å². The van der Waals surface area contributed by atoms with E-state index < -0.39 is 6.26 Å². The lowest BCUT2D eigenvalue weighted by atomic mass is 10.2. The average molecular weight is 316 g/mol. The fourth-order valence-electron chi connectivity index (χ4n) is 1.59. The number of nitrogens with zero attached hydrogens (tertiary/aromatic N) is 1. The number of aliphatic imine (C=N–C) groups is 1. The minimum Gasteiger partial charge on any atom is -0.446 e. The fraction of sp³-hybridized carbons (Fsp3) is 0.615. The first-order valence-corrected chi connectivity index (χ1v) is 9.42. The second-order valence-corrected chi connectivity index (χ2v) is 9.60. The van der Waals surface area contributed by atoms with Crippen LogP contribution >= 0.6 is 6.26 Å². The van der Waals surface area contributed by atoms with Crippen molar-refractivity contribution in [3.63, 3.8) is 0 Å². The summed E-state index contributed by atoms with van der Waals surface area (Å²) < 4.78 is 16.4. The van der Waals surface area contributed by atoms with Crippen LogP contribution < -0.4 is 5.73 Å². The number of rotatable bonds is 7. The Kier molecular flexibility index (Phi) is 4.69. The molecule has 2 unspecified atom stereocenters. The number of epoxide rings is 2. The van der Waals surface area contributed by atoms with E-state index in [1.54, 1.807) is 6.08 Å². The summed E-state index contributed by atoms with van der Waals surface area (Å²) in [5.74, 6) is 0.544. The molecule has 112 valence electrons. The van der Waals surface area contributed by atoms with Gasteiger partial charge >= 0.3 is 0 Å². The van der Waals surface area contributed by atoms with Crippen molar-refractivity contribution in [3.8, 4) is 0 Å². The summed E-state index contributed by atoms with van der Waals surface area (Å²) in [6.07, 6.45) is -0.509. The summed E-state index contributed by atoms with van der Waals surface area (Å²) in [4.78, 5) is 4.37. The van der Waals surface area contributed by atoms with Gasteiger partial charge in [-0.3, -0.25) is 4.99 Å². The van der Waals surface area contributed by atoms with E-state index in [9.17, 15) is 0 Å². The third kappa shape index (κ3) is 3.92. The van der Waals surface area contributed by atoms with Gasteiger partial charge in [-0.15, -0.1) is 0 Å². The first-order valence-electron chi connectivity index (χ1n) is 6.56. The maximum Gasteiger partial charge on any atom is 0.190 e. The van der Waals surface area contributed by atoms with Crippen molar-refractivity contribution in [3.05, 3.63) is 24.2 Å². The maximum absolute atomic E-state index is 5.92. The summed E-state index contributed by atoms with van der Waals surface area (Å²) in [5, 5.41) is 0. The monoisotopic (exact) mass is 316 g/mol. The third-order valence-corrected chi connectivity index (χ3v) is 7.35. The van der Waals surface area contributed by atoms with Crippen LogP contribution in [0.1, 0.15) is 20.8 Å². The first kappa shape index (κ1) is 15.7. The molecule has 0 aliphatic carbocycles. The maximum atomic E-state index is 5.92. The second kappa shape index (κ2) is 5.98. The molecule has 0 aromatic heterocycles. The molecule has 0 aromatic rings. The number of hydrogen-bond acceptors (Lipinski definition) is 6. The number of ether oxygens (including phenoxy) is 2. The Morgan fingerprint density at radius 3 is 2.35 bits per heavy atom. The summed E-state index contributed by atoms with van der Waals surface area (Å²) in [7, 11) is 0. The zero-order chi connectivity index (χ0) is 14.9. The van der Waals surface area contributed by atoms with Crippen molar-refractivity contribution in [2.24, 2.45) is 16.6 Å².